The summed E-state index contributed by atoms with van der Waals surface area (Å²) in [6, 6.07) is 4.45. The molecule has 0 bridgehead atoms. The molecule has 1 atom stereocenters. The SMILES string of the molecule is Cc1cc(F)cc(C(=O)N2CCC(C)(CN)C2)c1. The number of amides is 1. The molecular formula is C14H19FN2O. The highest BCUT2D eigenvalue weighted by Gasteiger charge is 2.35. The van der Waals surface area contributed by atoms with Gasteiger partial charge < -0.3 is 10.6 Å². The minimum Gasteiger partial charge on any atom is -0.338 e. The van der Waals surface area contributed by atoms with Crippen LogP contribution >= 0.6 is 0 Å². The maximum Gasteiger partial charge on any atom is 0.253 e. The number of benzene rings is 1. The monoisotopic (exact) mass is 250 g/mol. The van der Waals surface area contributed by atoms with E-state index < -0.39 is 0 Å². The van der Waals surface area contributed by atoms with Crippen LogP contribution in [0.15, 0.2) is 18.2 Å². The molecule has 0 spiro atoms. The van der Waals surface area contributed by atoms with E-state index in [2.05, 4.69) is 6.92 Å². The number of hydrogen-bond donors (Lipinski definition) is 1. The van der Waals surface area contributed by atoms with Gasteiger partial charge in [-0.3, -0.25) is 4.79 Å². The minimum absolute atomic E-state index is 0.00195. The molecule has 1 aromatic carbocycles. The average molecular weight is 250 g/mol. The van der Waals surface area contributed by atoms with Gasteiger partial charge >= 0.3 is 0 Å². The summed E-state index contributed by atoms with van der Waals surface area (Å²) in [5.41, 5.74) is 6.91. The first-order valence-corrected chi connectivity index (χ1v) is 6.20. The number of halogens is 1. The van der Waals surface area contributed by atoms with Crippen LogP contribution in [0.25, 0.3) is 0 Å². The lowest BCUT2D eigenvalue weighted by Gasteiger charge is -2.22. The fraction of sp³-hybridized carbons (Fsp3) is 0.500. The second-order valence-corrected chi connectivity index (χ2v) is 5.51. The largest absolute Gasteiger partial charge is 0.338 e. The molecule has 2 N–H and O–H groups in total. The molecule has 0 aliphatic carbocycles. The Labute approximate surface area is 107 Å². The van der Waals surface area contributed by atoms with E-state index >= 15 is 0 Å². The topological polar surface area (TPSA) is 46.3 Å². The second kappa shape index (κ2) is 4.69. The number of aryl methyl sites for hydroxylation is 1. The van der Waals surface area contributed by atoms with Gasteiger partial charge in [0.05, 0.1) is 0 Å². The Morgan fingerprint density at radius 1 is 1.50 bits per heavy atom. The molecule has 1 aliphatic rings. The summed E-state index contributed by atoms with van der Waals surface area (Å²) in [4.78, 5) is 14.0. The van der Waals surface area contributed by atoms with Crippen LogP contribution in [-0.2, 0) is 0 Å². The van der Waals surface area contributed by atoms with Crippen LogP contribution in [0.3, 0.4) is 0 Å². The summed E-state index contributed by atoms with van der Waals surface area (Å²) in [6.45, 7) is 5.78. The Morgan fingerprint density at radius 3 is 2.78 bits per heavy atom. The second-order valence-electron chi connectivity index (χ2n) is 5.51. The van der Waals surface area contributed by atoms with E-state index in [1.807, 2.05) is 0 Å². The number of hydrogen-bond acceptors (Lipinski definition) is 2. The maximum absolute atomic E-state index is 13.3. The molecule has 4 heteroatoms. The standard InChI is InChI=1S/C14H19FN2O/c1-10-5-11(7-12(15)6-10)13(18)17-4-3-14(2,8-16)9-17/h5-7H,3-4,8-9,16H2,1-2H3. The zero-order valence-corrected chi connectivity index (χ0v) is 10.9. The van der Waals surface area contributed by atoms with Gasteiger partial charge in [-0.2, -0.15) is 0 Å². The number of carbonyl (C=O) groups is 1. The molecule has 2 rings (SSSR count). The van der Waals surface area contributed by atoms with E-state index in [1.165, 1.54) is 12.1 Å². The highest BCUT2D eigenvalue weighted by molar-refractivity contribution is 5.94. The van der Waals surface area contributed by atoms with Crippen molar-refractivity contribution in [3.63, 3.8) is 0 Å². The predicted octanol–water partition coefficient (Wildman–Crippen LogP) is 1.95. The third kappa shape index (κ3) is 2.53. The van der Waals surface area contributed by atoms with Gasteiger partial charge in [0.25, 0.3) is 5.91 Å². The van der Waals surface area contributed by atoms with Crippen molar-refractivity contribution in [1.29, 1.82) is 0 Å². The van der Waals surface area contributed by atoms with E-state index in [0.29, 0.717) is 25.2 Å². The summed E-state index contributed by atoms with van der Waals surface area (Å²) in [7, 11) is 0. The lowest BCUT2D eigenvalue weighted by molar-refractivity contribution is 0.0776. The van der Waals surface area contributed by atoms with Gasteiger partial charge in [0, 0.05) is 18.7 Å². The maximum atomic E-state index is 13.3. The van der Waals surface area contributed by atoms with Gasteiger partial charge in [-0.15, -0.1) is 0 Å². The highest BCUT2D eigenvalue weighted by Crippen LogP contribution is 2.29. The van der Waals surface area contributed by atoms with Crippen LogP contribution in [-0.4, -0.2) is 30.4 Å². The molecule has 98 valence electrons. The lowest BCUT2D eigenvalue weighted by Crippen LogP contribution is -2.34. The van der Waals surface area contributed by atoms with Crippen molar-refractivity contribution < 1.29 is 9.18 Å². The van der Waals surface area contributed by atoms with Gasteiger partial charge in [-0.25, -0.2) is 4.39 Å². The van der Waals surface area contributed by atoms with Crippen LogP contribution in [0.2, 0.25) is 0 Å². The predicted molar refractivity (Wildman–Crippen MR) is 68.8 cm³/mol. The van der Waals surface area contributed by atoms with Crippen LogP contribution in [0.1, 0.15) is 29.3 Å². The third-order valence-electron chi connectivity index (χ3n) is 3.63. The molecule has 1 aliphatic heterocycles. The van der Waals surface area contributed by atoms with Gasteiger partial charge in [0.15, 0.2) is 0 Å². The molecule has 1 saturated heterocycles. The Bertz CT molecular complexity index is 455. The first-order chi connectivity index (χ1) is 8.43. The van der Waals surface area contributed by atoms with E-state index in [-0.39, 0.29) is 17.1 Å². The molecule has 1 fully saturated rings. The number of rotatable bonds is 2. The molecule has 1 heterocycles. The lowest BCUT2D eigenvalue weighted by atomic mass is 9.90. The van der Waals surface area contributed by atoms with Gasteiger partial charge in [0.1, 0.15) is 5.82 Å². The molecule has 0 radical (unpaired) electrons. The summed E-state index contributed by atoms with van der Waals surface area (Å²) in [5.74, 6) is -0.464. The fourth-order valence-electron chi connectivity index (χ4n) is 2.41. The minimum atomic E-state index is -0.362. The average Bonchev–Trinajstić information content (AvgIpc) is 2.70. The Morgan fingerprint density at radius 2 is 2.22 bits per heavy atom. The smallest absolute Gasteiger partial charge is 0.253 e. The zero-order valence-electron chi connectivity index (χ0n) is 10.9. The van der Waals surface area contributed by atoms with Gasteiger partial charge in [-0.05, 0) is 49.1 Å². The van der Waals surface area contributed by atoms with Gasteiger partial charge in [-0.1, -0.05) is 6.92 Å². The van der Waals surface area contributed by atoms with Crippen molar-refractivity contribution in [2.75, 3.05) is 19.6 Å². The molecule has 3 nitrogen and oxygen atoms in total. The first kappa shape index (κ1) is 13.0. The van der Waals surface area contributed by atoms with Crippen LogP contribution in [0, 0.1) is 18.2 Å². The zero-order chi connectivity index (χ0) is 13.3. The van der Waals surface area contributed by atoms with Crippen molar-refractivity contribution in [2.24, 2.45) is 11.1 Å². The molecule has 0 saturated carbocycles. The molecule has 1 unspecified atom stereocenters. The summed E-state index contributed by atoms with van der Waals surface area (Å²) < 4.78 is 13.3. The van der Waals surface area contributed by atoms with E-state index in [4.69, 9.17) is 5.73 Å². The summed E-state index contributed by atoms with van der Waals surface area (Å²) in [6.07, 6.45) is 0.906. The quantitative estimate of drug-likeness (QED) is 0.872. The van der Waals surface area contributed by atoms with Crippen molar-refractivity contribution in [1.82, 2.24) is 4.90 Å². The van der Waals surface area contributed by atoms with Crippen LogP contribution in [0.4, 0.5) is 4.39 Å². The van der Waals surface area contributed by atoms with E-state index in [9.17, 15) is 9.18 Å². The normalized spacial score (nSPS) is 23.4. The molecular weight excluding hydrogens is 231 g/mol. The Hall–Kier alpha value is -1.42. The summed E-state index contributed by atoms with van der Waals surface area (Å²) >= 11 is 0. The Balaban J connectivity index is 2.18. The first-order valence-electron chi connectivity index (χ1n) is 6.20. The summed E-state index contributed by atoms with van der Waals surface area (Å²) in [5, 5.41) is 0. The molecule has 0 aromatic heterocycles. The van der Waals surface area contributed by atoms with Gasteiger partial charge in [0.2, 0.25) is 0 Å². The Kier molecular flexibility index (Phi) is 3.39. The van der Waals surface area contributed by atoms with Crippen molar-refractivity contribution in [3.05, 3.63) is 35.1 Å². The van der Waals surface area contributed by atoms with E-state index in [1.54, 1.807) is 17.9 Å². The number of likely N-dealkylation sites (tertiary alicyclic amines) is 1. The molecule has 1 aromatic rings. The fourth-order valence-corrected chi connectivity index (χ4v) is 2.41. The number of nitrogens with zero attached hydrogens (tertiary/aromatic N) is 1. The van der Waals surface area contributed by atoms with Crippen LogP contribution in [0.5, 0.6) is 0 Å². The van der Waals surface area contributed by atoms with Crippen molar-refractivity contribution in [2.45, 2.75) is 20.3 Å². The van der Waals surface area contributed by atoms with E-state index in [0.717, 1.165) is 12.0 Å². The number of nitrogens with two attached hydrogens (primary N) is 1. The molecule has 18 heavy (non-hydrogen) atoms. The highest BCUT2D eigenvalue weighted by atomic mass is 19.1. The van der Waals surface area contributed by atoms with Crippen molar-refractivity contribution >= 4 is 5.91 Å². The van der Waals surface area contributed by atoms with Crippen molar-refractivity contribution in [3.8, 4) is 0 Å². The molecule has 1 amide bonds. The number of carbonyl (C=O) groups excluding carboxylic acids is 1. The van der Waals surface area contributed by atoms with Crippen LogP contribution < -0.4 is 5.73 Å². The third-order valence-corrected chi connectivity index (χ3v) is 3.63.